The van der Waals surface area contributed by atoms with Crippen LogP contribution in [0.1, 0.15) is 53.4 Å². The fourth-order valence-electron chi connectivity index (χ4n) is 5.10. The maximum Gasteiger partial charge on any atom is 0.253 e. The number of amides is 2. The van der Waals surface area contributed by atoms with Gasteiger partial charge < -0.3 is 14.9 Å². The van der Waals surface area contributed by atoms with Gasteiger partial charge in [0.05, 0.1) is 30.0 Å². The van der Waals surface area contributed by atoms with Crippen LogP contribution in [0.25, 0.3) is 0 Å². The number of anilines is 1. The number of likely N-dealkylation sites (N-methyl/N-ethyl adjacent to an activating group) is 1. The molecule has 0 radical (unpaired) electrons. The van der Waals surface area contributed by atoms with Crippen LogP contribution >= 0.6 is 10.8 Å². The van der Waals surface area contributed by atoms with Gasteiger partial charge in [-0.15, -0.1) is 10.8 Å². The van der Waals surface area contributed by atoms with Crippen LogP contribution in [0.5, 0.6) is 0 Å². The van der Waals surface area contributed by atoms with Crippen LogP contribution in [0.2, 0.25) is 0 Å². The minimum absolute atomic E-state index is 0.0345. The number of likely N-dealkylation sites (tertiary alicyclic amines) is 1. The lowest BCUT2D eigenvalue weighted by atomic mass is 10.0. The Hall–Kier alpha value is -2.63. The Morgan fingerprint density at radius 3 is 2.59 bits per heavy atom. The van der Waals surface area contributed by atoms with Crippen molar-refractivity contribution >= 4 is 28.3 Å². The molecule has 0 saturated carbocycles. The van der Waals surface area contributed by atoms with E-state index in [1.165, 1.54) is 0 Å². The number of rotatable bonds is 9. The summed E-state index contributed by atoms with van der Waals surface area (Å²) in [6.07, 6.45) is 0.483. The van der Waals surface area contributed by atoms with Gasteiger partial charge in [0.2, 0.25) is 5.91 Å². The van der Waals surface area contributed by atoms with Gasteiger partial charge in [-0.1, -0.05) is 24.3 Å². The van der Waals surface area contributed by atoms with E-state index >= 15 is 0 Å². The first-order valence-electron chi connectivity index (χ1n) is 12.8. The summed E-state index contributed by atoms with van der Waals surface area (Å²) < 4.78 is 22.7. The number of hydrogen-bond acceptors (Lipinski definition) is 7. The minimum Gasteiger partial charge on any atom is -0.392 e. The van der Waals surface area contributed by atoms with Crippen LogP contribution in [0.4, 0.5) is 5.69 Å². The topological polar surface area (TPSA) is 117 Å². The van der Waals surface area contributed by atoms with E-state index in [4.69, 9.17) is 0 Å². The summed E-state index contributed by atoms with van der Waals surface area (Å²) in [5.74, 6) is 0.0468. The van der Waals surface area contributed by atoms with Crippen LogP contribution in [0.15, 0.2) is 42.5 Å². The Bertz CT molecular complexity index is 1140. The molecule has 2 aliphatic heterocycles. The van der Waals surface area contributed by atoms with Crippen molar-refractivity contribution in [3.8, 4) is 0 Å². The summed E-state index contributed by atoms with van der Waals surface area (Å²) in [6, 6.07) is 12.7. The van der Waals surface area contributed by atoms with Crippen LogP contribution in [0.3, 0.4) is 0 Å². The molecule has 0 aromatic heterocycles. The van der Waals surface area contributed by atoms with Gasteiger partial charge in [0.1, 0.15) is 0 Å². The number of nitrogens with zero attached hydrogens (tertiary/aromatic N) is 3. The highest BCUT2D eigenvalue weighted by atomic mass is 32.3. The summed E-state index contributed by atoms with van der Waals surface area (Å²) in [5.41, 5.74) is 3.72. The first-order chi connectivity index (χ1) is 17.6. The molecule has 202 valence electrons. The molecule has 9 nitrogen and oxygen atoms in total. The Labute approximate surface area is 220 Å². The quantitative estimate of drug-likeness (QED) is 0.392. The third-order valence-electron chi connectivity index (χ3n) is 7.27. The van der Waals surface area contributed by atoms with Crippen molar-refractivity contribution < 1.29 is 23.8 Å². The van der Waals surface area contributed by atoms with E-state index in [0.717, 1.165) is 23.2 Å². The van der Waals surface area contributed by atoms with Crippen molar-refractivity contribution in [2.24, 2.45) is 0 Å². The fraction of sp³-hybridized carbons (Fsp3) is 0.481. The Morgan fingerprint density at radius 1 is 1.16 bits per heavy atom. The second-order valence-electron chi connectivity index (χ2n) is 9.91. The molecule has 2 aromatic rings. The average molecular weight is 531 g/mol. The number of β-amino-alcohol motifs (C(OH)–C–C–N with tert-alkyl or cyclic N) is 1. The summed E-state index contributed by atoms with van der Waals surface area (Å²) in [4.78, 5) is 32.1. The number of benzene rings is 2. The van der Waals surface area contributed by atoms with E-state index < -0.39 is 10.8 Å². The molecule has 0 spiro atoms. The van der Waals surface area contributed by atoms with E-state index in [0.29, 0.717) is 43.9 Å². The predicted molar refractivity (Wildman–Crippen MR) is 147 cm³/mol. The molecule has 10 heteroatoms. The summed E-state index contributed by atoms with van der Waals surface area (Å²) >= 11 is 0. The zero-order chi connectivity index (χ0) is 26.7. The maximum absolute atomic E-state index is 13.5. The van der Waals surface area contributed by atoms with Crippen molar-refractivity contribution in [3.63, 3.8) is 0 Å². The molecule has 0 unspecified atom stereocenters. The smallest absolute Gasteiger partial charge is 0.253 e. The molecular weight excluding hydrogens is 492 g/mol. The molecule has 1 saturated heterocycles. The molecule has 4 N–H and O–H groups in total. The standard InChI is InChI=1S/C27H38N4O5S/c1-4-31(5-2)27(34)21-8-6-7-20(15-21)25(17-30-12-11-23(32)16-30)29(3)26(33)14-19-9-10-22-18-37(35,36)28-24(22)13-19/h6-10,13,15,23,25,28,32,35-36H,4-5,11-12,14,16-18H2,1-3H3/t23-,25+/m0/s1. The van der Waals surface area contributed by atoms with Gasteiger partial charge in [-0.05, 0) is 55.2 Å². The summed E-state index contributed by atoms with van der Waals surface area (Å²) in [7, 11) is -1.08. The SMILES string of the molecule is CCN(CC)C(=O)c1cccc([C@@H](CN2CC[C@H](O)C2)N(C)C(=O)Cc2ccc3c(c2)NS(O)(O)C3)c1. The van der Waals surface area contributed by atoms with Crippen LogP contribution in [-0.4, -0.2) is 86.6 Å². The molecule has 37 heavy (non-hydrogen) atoms. The van der Waals surface area contributed by atoms with Gasteiger partial charge >= 0.3 is 0 Å². The Balaban J connectivity index is 1.56. The first-order valence-corrected chi connectivity index (χ1v) is 14.5. The zero-order valence-corrected chi connectivity index (χ0v) is 22.6. The largest absolute Gasteiger partial charge is 0.392 e. The van der Waals surface area contributed by atoms with Crippen LogP contribution in [0, 0.1) is 0 Å². The highest BCUT2D eigenvalue weighted by molar-refractivity contribution is 8.25. The molecule has 2 atom stereocenters. The lowest BCUT2D eigenvalue weighted by Crippen LogP contribution is -2.39. The molecule has 4 rings (SSSR count). The fourth-order valence-corrected chi connectivity index (χ4v) is 6.40. The van der Waals surface area contributed by atoms with Gasteiger partial charge in [0.15, 0.2) is 0 Å². The predicted octanol–water partition coefficient (Wildman–Crippen LogP) is 3.57. The second kappa shape index (κ2) is 11.4. The molecule has 2 heterocycles. The maximum atomic E-state index is 13.5. The monoisotopic (exact) mass is 530 g/mol. The zero-order valence-electron chi connectivity index (χ0n) is 21.8. The number of fused-ring (bicyclic) bond motifs is 1. The van der Waals surface area contributed by atoms with Crippen molar-refractivity contribution in [2.75, 3.05) is 44.5 Å². The average Bonchev–Trinajstić information content (AvgIpc) is 3.42. The molecule has 2 aliphatic rings. The number of aliphatic hydroxyl groups excluding tert-OH is 1. The molecule has 0 aliphatic carbocycles. The van der Waals surface area contributed by atoms with E-state index in [-0.39, 0.29) is 36.1 Å². The van der Waals surface area contributed by atoms with Gasteiger partial charge in [-0.2, -0.15) is 0 Å². The summed E-state index contributed by atoms with van der Waals surface area (Å²) in [6.45, 7) is 7.01. The molecule has 1 fully saturated rings. The number of hydrogen-bond donors (Lipinski definition) is 4. The van der Waals surface area contributed by atoms with Gasteiger partial charge in [0.25, 0.3) is 5.91 Å². The molecule has 0 bridgehead atoms. The highest BCUT2D eigenvalue weighted by Crippen LogP contribution is 2.50. The number of carbonyl (C=O) groups is 2. The van der Waals surface area contributed by atoms with Crippen molar-refractivity contribution in [1.29, 1.82) is 0 Å². The lowest BCUT2D eigenvalue weighted by molar-refractivity contribution is -0.131. The van der Waals surface area contributed by atoms with Crippen LogP contribution < -0.4 is 4.72 Å². The second-order valence-corrected chi connectivity index (χ2v) is 11.7. The third kappa shape index (κ3) is 6.45. The van der Waals surface area contributed by atoms with Crippen molar-refractivity contribution in [2.45, 2.75) is 44.6 Å². The normalized spacial score (nSPS) is 20.1. The highest BCUT2D eigenvalue weighted by Gasteiger charge is 2.30. The van der Waals surface area contributed by atoms with Gasteiger partial charge in [-0.3, -0.25) is 28.3 Å². The van der Waals surface area contributed by atoms with E-state index in [1.807, 2.05) is 50.2 Å². The van der Waals surface area contributed by atoms with E-state index in [9.17, 15) is 23.8 Å². The van der Waals surface area contributed by atoms with E-state index in [1.54, 1.807) is 22.9 Å². The molecule has 2 aromatic carbocycles. The Kier molecular flexibility index (Phi) is 8.45. The molecule has 2 amide bonds. The van der Waals surface area contributed by atoms with Gasteiger partial charge in [0, 0.05) is 45.3 Å². The summed E-state index contributed by atoms with van der Waals surface area (Å²) in [5, 5.41) is 10.1. The molecular formula is C27H38N4O5S. The third-order valence-corrected chi connectivity index (χ3v) is 8.53. The lowest BCUT2D eigenvalue weighted by Gasteiger charge is -2.32. The first kappa shape index (κ1) is 27.4. The van der Waals surface area contributed by atoms with E-state index in [2.05, 4.69) is 9.62 Å². The van der Waals surface area contributed by atoms with Gasteiger partial charge in [-0.25, -0.2) is 0 Å². The number of aliphatic hydroxyl groups is 1. The van der Waals surface area contributed by atoms with Crippen molar-refractivity contribution in [3.05, 3.63) is 64.7 Å². The minimum atomic E-state index is -2.86. The number of nitrogens with one attached hydrogen (secondary N) is 1. The van der Waals surface area contributed by atoms with Crippen molar-refractivity contribution in [1.82, 2.24) is 14.7 Å². The number of carbonyl (C=O) groups excluding carboxylic acids is 2. The van der Waals surface area contributed by atoms with Crippen LogP contribution in [-0.2, 0) is 17.0 Å². The Morgan fingerprint density at radius 2 is 1.92 bits per heavy atom.